The van der Waals surface area contributed by atoms with Crippen molar-refractivity contribution in [2.24, 2.45) is 0 Å². The van der Waals surface area contributed by atoms with E-state index < -0.39 is 11.7 Å². The van der Waals surface area contributed by atoms with Gasteiger partial charge in [0, 0.05) is 5.56 Å². The molecule has 1 amide bonds. The quantitative estimate of drug-likeness (QED) is 0.752. The fourth-order valence-electron chi connectivity index (χ4n) is 0.808. The maximum Gasteiger partial charge on any atom is 0.413 e. The molecule has 1 N–H and O–H groups in total. The number of nitrogens with zero attached hydrogens (tertiary/aromatic N) is 1. The highest BCUT2D eigenvalue weighted by atomic mass is 16.6. The molecule has 0 bridgehead atoms. The van der Waals surface area contributed by atoms with Crippen molar-refractivity contribution in [3.05, 3.63) is 11.8 Å². The maximum atomic E-state index is 11.3. The van der Waals surface area contributed by atoms with E-state index in [9.17, 15) is 4.79 Å². The Hall–Kier alpha value is -1.52. The largest absolute Gasteiger partial charge is 0.444 e. The normalized spacial score (nSPS) is 11.1. The van der Waals surface area contributed by atoms with E-state index in [1.54, 1.807) is 27.7 Å². The third kappa shape index (κ3) is 3.08. The molecule has 14 heavy (non-hydrogen) atoms. The van der Waals surface area contributed by atoms with Crippen LogP contribution in [0.4, 0.5) is 10.6 Å². The summed E-state index contributed by atoms with van der Waals surface area (Å²) >= 11 is 0. The molecule has 0 saturated carbocycles. The van der Waals surface area contributed by atoms with Crippen LogP contribution in [0.5, 0.6) is 0 Å². The van der Waals surface area contributed by atoms with Gasteiger partial charge in [0.1, 0.15) is 11.9 Å². The monoisotopic (exact) mass is 198 g/mol. The van der Waals surface area contributed by atoms with Crippen LogP contribution in [0.15, 0.2) is 10.8 Å². The highest BCUT2D eigenvalue weighted by molar-refractivity contribution is 5.84. The average Bonchev–Trinajstić information content (AvgIpc) is 2.32. The molecule has 0 fully saturated rings. The first-order chi connectivity index (χ1) is 6.38. The number of rotatable bonds is 1. The lowest BCUT2D eigenvalue weighted by Crippen LogP contribution is -2.27. The van der Waals surface area contributed by atoms with Crippen LogP contribution in [-0.2, 0) is 4.74 Å². The van der Waals surface area contributed by atoms with Crippen LogP contribution in [0.2, 0.25) is 0 Å². The number of ether oxygens (including phenoxy) is 1. The van der Waals surface area contributed by atoms with E-state index in [0.29, 0.717) is 5.82 Å². The topological polar surface area (TPSA) is 64.4 Å². The van der Waals surface area contributed by atoms with Crippen molar-refractivity contribution in [3.63, 3.8) is 0 Å². The van der Waals surface area contributed by atoms with Gasteiger partial charge in [0.15, 0.2) is 5.82 Å². The van der Waals surface area contributed by atoms with Gasteiger partial charge in [-0.05, 0) is 27.7 Å². The molecule has 1 aromatic rings. The zero-order valence-corrected chi connectivity index (χ0v) is 8.75. The molecule has 1 heterocycles. The fraction of sp³-hybridized carbons (Fsp3) is 0.556. The first kappa shape index (κ1) is 10.6. The molecule has 1 aromatic heterocycles. The SMILES string of the molecule is Cc1conc1NC(=O)OC(C)(C)C. The van der Waals surface area contributed by atoms with Gasteiger partial charge in [-0.2, -0.15) is 0 Å². The first-order valence-corrected chi connectivity index (χ1v) is 4.29. The van der Waals surface area contributed by atoms with Gasteiger partial charge in [0.2, 0.25) is 0 Å². The Morgan fingerprint density at radius 2 is 2.21 bits per heavy atom. The summed E-state index contributed by atoms with van der Waals surface area (Å²) in [5, 5.41) is 6.08. The number of amides is 1. The fourth-order valence-corrected chi connectivity index (χ4v) is 0.808. The van der Waals surface area contributed by atoms with Crippen molar-refractivity contribution < 1.29 is 14.1 Å². The molecular formula is C9H14N2O3. The number of hydrogen-bond donors (Lipinski definition) is 1. The highest BCUT2D eigenvalue weighted by Gasteiger charge is 2.17. The Bertz CT molecular complexity index is 325. The summed E-state index contributed by atoms with van der Waals surface area (Å²) in [7, 11) is 0. The second-order valence-corrected chi connectivity index (χ2v) is 3.97. The zero-order chi connectivity index (χ0) is 10.8. The van der Waals surface area contributed by atoms with Gasteiger partial charge in [0.25, 0.3) is 0 Å². The van der Waals surface area contributed by atoms with E-state index in [0.717, 1.165) is 5.56 Å². The Labute approximate surface area is 82.4 Å². The highest BCUT2D eigenvalue weighted by Crippen LogP contribution is 2.13. The van der Waals surface area contributed by atoms with Gasteiger partial charge in [-0.3, -0.25) is 5.32 Å². The summed E-state index contributed by atoms with van der Waals surface area (Å²) in [4.78, 5) is 11.3. The number of aryl methyl sites for hydroxylation is 1. The van der Waals surface area contributed by atoms with Crippen molar-refractivity contribution in [1.29, 1.82) is 0 Å². The lowest BCUT2D eigenvalue weighted by Gasteiger charge is -2.19. The number of nitrogens with one attached hydrogen (secondary N) is 1. The van der Waals surface area contributed by atoms with Gasteiger partial charge in [-0.15, -0.1) is 0 Å². The number of aromatic nitrogens is 1. The number of hydrogen-bond acceptors (Lipinski definition) is 4. The average molecular weight is 198 g/mol. The van der Waals surface area contributed by atoms with Crippen molar-refractivity contribution in [2.45, 2.75) is 33.3 Å². The first-order valence-electron chi connectivity index (χ1n) is 4.29. The molecule has 0 aliphatic carbocycles. The lowest BCUT2D eigenvalue weighted by molar-refractivity contribution is 0.0634. The molecule has 0 radical (unpaired) electrons. The summed E-state index contributed by atoms with van der Waals surface area (Å²) in [6, 6.07) is 0. The number of anilines is 1. The number of carbonyl (C=O) groups is 1. The van der Waals surface area contributed by atoms with Crippen LogP contribution >= 0.6 is 0 Å². The van der Waals surface area contributed by atoms with Gasteiger partial charge < -0.3 is 9.26 Å². The minimum Gasteiger partial charge on any atom is -0.444 e. The third-order valence-electron chi connectivity index (χ3n) is 1.37. The van der Waals surface area contributed by atoms with Crippen molar-refractivity contribution >= 4 is 11.9 Å². The second-order valence-electron chi connectivity index (χ2n) is 3.97. The van der Waals surface area contributed by atoms with E-state index in [1.165, 1.54) is 6.26 Å². The third-order valence-corrected chi connectivity index (χ3v) is 1.37. The van der Waals surface area contributed by atoms with Crippen molar-refractivity contribution in [2.75, 3.05) is 5.32 Å². The van der Waals surface area contributed by atoms with Crippen LogP contribution in [0.25, 0.3) is 0 Å². The molecule has 5 nitrogen and oxygen atoms in total. The van der Waals surface area contributed by atoms with E-state index in [1.807, 2.05) is 0 Å². The summed E-state index contributed by atoms with van der Waals surface area (Å²) in [5.74, 6) is 0.388. The molecule has 0 atom stereocenters. The molecule has 78 valence electrons. The van der Waals surface area contributed by atoms with Crippen LogP contribution in [0.1, 0.15) is 26.3 Å². The molecule has 0 aliphatic heterocycles. The predicted octanol–water partition coefficient (Wildman–Crippen LogP) is 2.33. The molecule has 0 spiro atoms. The molecular weight excluding hydrogens is 184 g/mol. The van der Waals surface area contributed by atoms with E-state index in [-0.39, 0.29) is 0 Å². The zero-order valence-electron chi connectivity index (χ0n) is 8.75. The summed E-state index contributed by atoms with van der Waals surface area (Å²) in [6.07, 6.45) is 0.918. The van der Waals surface area contributed by atoms with Gasteiger partial charge >= 0.3 is 6.09 Å². The molecule has 0 aliphatic rings. The molecule has 5 heteroatoms. The van der Waals surface area contributed by atoms with Crippen LogP contribution in [-0.4, -0.2) is 16.9 Å². The molecule has 0 unspecified atom stereocenters. The van der Waals surface area contributed by atoms with Gasteiger partial charge in [-0.1, -0.05) is 5.16 Å². The van der Waals surface area contributed by atoms with E-state index in [4.69, 9.17) is 4.74 Å². The summed E-state index contributed by atoms with van der Waals surface area (Å²) in [6.45, 7) is 7.16. The van der Waals surface area contributed by atoms with Gasteiger partial charge in [-0.25, -0.2) is 4.79 Å². The molecule has 1 rings (SSSR count). The second kappa shape index (κ2) is 3.69. The Morgan fingerprint density at radius 3 is 2.64 bits per heavy atom. The predicted molar refractivity (Wildman–Crippen MR) is 51.1 cm³/mol. The van der Waals surface area contributed by atoms with Crippen LogP contribution in [0, 0.1) is 6.92 Å². The van der Waals surface area contributed by atoms with Crippen molar-refractivity contribution in [3.8, 4) is 0 Å². The van der Waals surface area contributed by atoms with Gasteiger partial charge in [0.05, 0.1) is 0 Å². The van der Waals surface area contributed by atoms with E-state index >= 15 is 0 Å². The Balaban J connectivity index is 2.54. The molecule has 0 aromatic carbocycles. The van der Waals surface area contributed by atoms with Crippen LogP contribution in [0.3, 0.4) is 0 Å². The van der Waals surface area contributed by atoms with Crippen molar-refractivity contribution in [1.82, 2.24) is 5.16 Å². The smallest absolute Gasteiger partial charge is 0.413 e. The standard InChI is InChI=1S/C9H14N2O3/c1-6-5-13-11-7(6)10-8(12)14-9(2,3)4/h5H,1-4H3,(H,10,11,12). The number of carbonyl (C=O) groups excluding carboxylic acids is 1. The maximum absolute atomic E-state index is 11.3. The Morgan fingerprint density at radius 1 is 1.57 bits per heavy atom. The minimum absolute atomic E-state index is 0.388. The lowest BCUT2D eigenvalue weighted by atomic mass is 10.2. The van der Waals surface area contributed by atoms with Crippen LogP contribution < -0.4 is 5.32 Å². The minimum atomic E-state index is -0.533. The molecule has 0 saturated heterocycles. The summed E-state index contributed by atoms with van der Waals surface area (Å²) in [5.41, 5.74) is 0.248. The summed E-state index contributed by atoms with van der Waals surface area (Å²) < 4.78 is 9.69. The Kier molecular flexibility index (Phi) is 2.78. The van der Waals surface area contributed by atoms with E-state index in [2.05, 4.69) is 15.0 Å².